The zero-order valence-electron chi connectivity index (χ0n) is 12.3. The lowest BCUT2D eigenvalue weighted by molar-refractivity contribution is -0.120. The SMILES string of the molecule is COc1cccc(NC(=O)CO/N=C/c2ccc(Cl)c(Cl)c2)c1. The molecule has 0 saturated carbocycles. The number of carbonyl (C=O) groups is 1. The third-order valence-electron chi connectivity index (χ3n) is 2.77. The zero-order valence-corrected chi connectivity index (χ0v) is 13.8. The Hall–Kier alpha value is -2.24. The third kappa shape index (κ3) is 5.47. The summed E-state index contributed by atoms with van der Waals surface area (Å²) in [5.41, 5.74) is 1.33. The maximum absolute atomic E-state index is 11.7. The first-order valence-corrected chi connectivity index (χ1v) is 7.38. The molecule has 5 nitrogen and oxygen atoms in total. The molecule has 0 radical (unpaired) electrons. The summed E-state index contributed by atoms with van der Waals surface area (Å²) in [7, 11) is 1.56. The highest BCUT2D eigenvalue weighted by molar-refractivity contribution is 6.42. The van der Waals surface area contributed by atoms with E-state index in [0.29, 0.717) is 27.0 Å². The first kappa shape index (κ1) is 17.1. The van der Waals surface area contributed by atoms with Crippen LogP contribution in [0.25, 0.3) is 0 Å². The number of hydrogen-bond acceptors (Lipinski definition) is 4. The topological polar surface area (TPSA) is 59.9 Å². The minimum Gasteiger partial charge on any atom is -0.497 e. The second-order valence-electron chi connectivity index (χ2n) is 4.46. The molecule has 0 aliphatic heterocycles. The first-order chi connectivity index (χ1) is 11.1. The van der Waals surface area contributed by atoms with Gasteiger partial charge in [0.15, 0.2) is 6.61 Å². The molecule has 0 aliphatic rings. The molecule has 120 valence electrons. The van der Waals surface area contributed by atoms with Gasteiger partial charge in [-0.15, -0.1) is 0 Å². The van der Waals surface area contributed by atoms with Crippen molar-refractivity contribution in [1.29, 1.82) is 0 Å². The van der Waals surface area contributed by atoms with E-state index in [1.807, 2.05) is 0 Å². The summed E-state index contributed by atoms with van der Waals surface area (Å²) in [5, 5.41) is 7.27. The van der Waals surface area contributed by atoms with Crippen molar-refractivity contribution in [3.63, 3.8) is 0 Å². The van der Waals surface area contributed by atoms with E-state index in [2.05, 4.69) is 10.5 Å². The van der Waals surface area contributed by atoms with Crippen molar-refractivity contribution in [1.82, 2.24) is 0 Å². The molecular weight excluding hydrogens is 339 g/mol. The van der Waals surface area contributed by atoms with Gasteiger partial charge in [-0.1, -0.05) is 40.5 Å². The fourth-order valence-corrected chi connectivity index (χ4v) is 1.99. The molecule has 0 unspecified atom stereocenters. The fraction of sp³-hybridized carbons (Fsp3) is 0.125. The molecule has 0 aromatic heterocycles. The van der Waals surface area contributed by atoms with Crippen LogP contribution in [0.2, 0.25) is 10.0 Å². The van der Waals surface area contributed by atoms with Crippen molar-refractivity contribution < 1.29 is 14.4 Å². The second-order valence-corrected chi connectivity index (χ2v) is 5.28. The lowest BCUT2D eigenvalue weighted by atomic mass is 10.2. The third-order valence-corrected chi connectivity index (χ3v) is 3.51. The van der Waals surface area contributed by atoms with Gasteiger partial charge >= 0.3 is 0 Å². The molecular formula is C16H14Cl2N2O3. The number of carbonyl (C=O) groups excluding carboxylic acids is 1. The number of oxime groups is 1. The number of rotatable bonds is 6. The van der Waals surface area contributed by atoms with Gasteiger partial charge in [-0.3, -0.25) is 4.79 Å². The summed E-state index contributed by atoms with van der Waals surface area (Å²) in [6.07, 6.45) is 1.45. The van der Waals surface area contributed by atoms with Gasteiger partial charge in [-0.05, 0) is 29.8 Å². The summed E-state index contributed by atoms with van der Waals surface area (Å²) in [6, 6.07) is 12.0. The van der Waals surface area contributed by atoms with Crippen LogP contribution in [0.1, 0.15) is 5.56 Å². The highest BCUT2D eigenvalue weighted by Gasteiger charge is 2.03. The Labute approximate surface area is 143 Å². The Balaban J connectivity index is 1.82. The summed E-state index contributed by atoms with van der Waals surface area (Å²) in [6.45, 7) is -0.213. The van der Waals surface area contributed by atoms with Crippen molar-refractivity contribution >= 4 is 41.0 Å². The summed E-state index contributed by atoms with van der Waals surface area (Å²) in [4.78, 5) is 16.7. The number of methoxy groups -OCH3 is 1. The molecule has 0 spiro atoms. The maximum atomic E-state index is 11.7. The molecule has 0 bridgehead atoms. The molecule has 2 aromatic rings. The van der Waals surface area contributed by atoms with Gasteiger partial charge in [-0.2, -0.15) is 0 Å². The van der Waals surface area contributed by atoms with Gasteiger partial charge in [0, 0.05) is 11.8 Å². The highest BCUT2D eigenvalue weighted by atomic mass is 35.5. The first-order valence-electron chi connectivity index (χ1n) is 6.63. The van der Waals surface area contributed by atoms with Crippen LogP contribution in [0.15, 0.2) is 47.6 Å². The van der Waals surface area contributed by atoms with Gasteiger partial charge in [0.25, 0.3) is 5.91 Å². The minimum atomic E-state index is -0.329. The smallest absolute Gasteiger partial charge is 0.265 e. The highest BCUT2D eigenvalue weighted by Crippen LogP contribution is 2.21. The number of nitrogens with one attached hydrogen (secondary N) is 1. The lowest BCUT2D eigenvalue weighted by Crippen LogP contribution is -2.16. The zero-order chi connectivity index (χ0) is 16.7. The van der Waals surface area contributed by atoms with E-state index in [1.165, 1.54) is 6.21 Å². The van der Waals surface area contributed by atoms with Gasteiger partial charge < -0.3 is 14.9 Å². The Morgan fingerprint density at radius 2 is 2.04 bits per heavy atom. The van der Waals surface area contributed by atoms with Crippen molar-refractivity contribution in [2.24, 2.45) is 5.16 Å². The Kier molecular flexibility index (Phi) is 6.26. The molecule has 1 N–H and O–H groups in total. The molecule has 0 saturated heterocycles. The molecule has 2 rings (SSSR count). The molecule has 7 heteroatoms. The summed E-state index contributed by atoms with van der Waals surface area (Å²) in [5.74, 6) is 0.325. The van der Waals surface area contributed by atoms with Crippen molar-refractivity contribution in [2.45, 2.75) is 0 Å². The normalized spacial score (nSPS) is 10.6. The van der Waals surface area contributed by atoms with Crippen LogP contribution in [0.4, 0.5) is 5.69 Å². The number of nitrogens with zero attached hydrogens (tertiary/aromatic N) is 1. The number of halogens is 2. The molecule has 2 aromatic carbocycles. The Bertz CT molecular complexity index is 720. The van der Waals surface area contributed by atoms with E-state index in [9.17, 15) is 4.79 Å². The van der Waals surface area contributed by atoms with Crippen LogP contribution in [-0.4, -0.2) is 25.8 Å². The average molecular weight is 353 g/mol. The van der Waals surface area contributed by atoms with Crippen LogP contribution < -0.4 is 10.1 Å². The monoisotopic (exact) mass is 352 g/mol. The standard InChI is InChI=1S/C16H14Cl2N2O3/c1-22-13-4-2-3-12(8-13)20-16(21)10-23-19-9-11-5-6-14(17)15(18)7-11/h2-9H,10H2,1H3,(H,20,21)/b19-9+. The van der Waals surface area contributed by atoms with Gasteiger partial charge in [-0.25, -0.2) is 0 Å². The van der Waals surface area contributed by atoms with Crippen LogP contribution in [-0.2, 0) is 9.63 Å². The molecule has 23 heavy (non-hydrogen) atoms. The average Bonchev–Trinajstić information content (AvgIpc) is 2.55. The van der Waals surface area contributed by atoms with Gasteiger partial charge in [0.1, 0.15) is 5.75 Å². The van der Waals surface area contributed by atoms with Crippen molar-refractivity contribution in [3.8, 4) is 5.75 Å². The van der Waals surface area contributed by atoms with E-state index >= 15 is 0 Å². The summed E-state index contributed by atoms with van der Waals surface area (Å²) >= 11 is 11.7. The van der Waals surface area contributed by atoms with Crippen molar-refractivity contribution in [3.05, 3.63) is 58.1 Å². The number of benzene rings is 2. The Morgan fingerprint density at radius 3 is 2.78 bits per heavy atom. The van der Waals surface area contributed by atoms with Crippen LogP contribution in [0, 0.1) is 0 Å². The molecule has 0 heterocycles. The number of anilines is 1. The van der Waals surface area contributed by atoms with E-state index in [-0.39, 0.29) is 12.5 Å². The molecule has 0 atom stereocenters. The minimum absolute atomic E-state index is 0.213. The van der Waals surface area contributed by atoms with E-state index in [0.717, 1.165) is 0 Å². The van der Waals surface area contributed by atoms with Crippen LogP contribution in [0.3, 0.4) is 0 Å². The number of ether oxygens (including phenoxy) is 1. The van der Waals surface area contributed by atoms with Gasteiger partial charge in [0.2, 0.25) is 0 Å². The van der Waals surface area contributed by atoms with E-state index < -0.39 is 0 Å². The number of amides is 1. The van der Waals surface area contributed by atoms with Gasteiger partial charge in [0.05, 0.1) is 23.4 Å². The van der Waals surface area contributed by atoms with Crippen molar-refractivity contribution in [2.75, 3.05) is 19.0 Å². The molecule has 1 amide bonds. The quantitative estimate of drug-likeness (QED) is 0.631. The van der Waals surface area contributed by atoms with E-state index in [1.54, 1.807) is 49.6 Å². The Morgan fingerprint density at radius 1 is 1.22 bits per heavy atom. The van der Waals surface area contributed by atoms with E-state index in [4.69, 9.17) is 32.8 Å². The maximum Gasteiger partial charge on any atom is 0.265 e. The lowest BCUT2D eigenvalue weighted by Gasteiger charge is -2.06. The molecule has 0 fully saturated rings. The molecule has 0 aliphatic carbocycles. The predicted molar refractivity (Wildman–Crippen MR) is 91.6 cm³/mol. The largest absolute Gasteiger partial charge is 0.497 e. The fourth-order valence-electron chi connectivity index (χ4n) is 1.68. The predicted octanol–water partition coefficient (Wildman–Crippen LogP) is 3.99. The van der Waals surface area contributed by atoms with Crippen LogP contribution >= 0.6 is 23.2 Å². The van der Waals surface area contributed by atoms with Crippen LogP contribution in [0.5, 0.6) is 5.75 Å². The number of hydrogen-bond donors (Lipinski definition) is 1. The second kappa shape index (κ2) is 8.41. The summed E-state index contributed by atoms with van der Waals surface area (Å²) < 4.78 is 5.08.